The van der Waals surface area contributed by atoms with Gasteiger partial charge in [-0.1, -0.05) is 0 Å². The first-order chi connectivity index (χ1) is 8.97. The molecule has 0 aliphatic rings. The van der Waals surface area contributed by atoms with Gasteiger partial charge in [0.25, 0.3) is 11.7 Å². The minimum atomic E-state index is -0.655. The Labute approximate surface area is 108 Å². The zero-order chi connectivity index (χ0) is 14.0. The summed E-state index contributed by atoms with van der Waals surface area (Å²) in [5, 5.41) is 22.7. The number of aromatic nitrogens is 1. The van der Waals surface area contributed by atoms with Gasteiger partial charge in [-0.05, 0) is 13.0 Å². The van der Waals surface area contributed by atoms with E-state index < -0.39 is 17.1 Å². The van der Waals surface area contributed by atoms with Crippen LogP contribution in [0.15, 0.2) is 22.6 Å². The number of oxazole rings is 1. The summed E-state index contributed by atoms with van der Waals surface area (Å²) in [5.41, 5.74) is 6.44. The number of aliphatic hydroxyl groups excluding tert-OH is 1. The largest absolute Gasteiger partial charge is 0.424 e. The van der Waals surface area contributed by atoms with Gasteiger partial charge in [0.15, 0.2) is 5.58 Å². The van der Waals surface area contributed by atoms with Gasteiger partial charge in [0.1, 0.15) is 5.52 Å². The highest BCUT2D eigenvalue weighted by atomic mass is 16.6. The molecule has 1 aromatic heterocycles. The van der Waals surface area contributed by atoms with Crippen LogP contribution in [0.5, 0.6) is 0 Å². The van der Waals surface area contributed by atoms with Gasteiger partial charge >= 0.3 is 0 Å². The van der Waals surface area contributed by atoms with Crippen molar-refractivity contribution in [2.75, 3.05) is 11.9 Å². The van der Waals surface area contributed by atoms with Crippen LogP contribution < -0.4 is 11.1 Å². The van der Waals surface area contributed by atoms with Crippen LogP contribution in [0.2, 0.25) is 0 Å². The molecule has 0 amide bonds. The van der Waals surface area contributed by atoms with Crippen molar-refractivity contribution in [3.63, 3.8) is 0 Å². The Kier molecular flexibility index (Phi) is 3.63. The average molecular weight is 266 g/mol. The van der Waals surface area contributed by atoms with Crippen molar-refractivity contribution in [2.24, 2.45) is 5.73 Å². The van der Waals surface area contributed by atoms with E-state index in [0.29, 0.717) is 11.1 Å². The molecule has 0 fully saturated rings. The maximum atomic E-state index is 10.6. The zero-order valence-corrected chi connectivity index (χ0v) is 10.2. The second-order valence-electron chi connectivity index (χ2n) is 4.21. The average Bonchev–Trinajstić information content (AvgIpc) is 2.77. The number of aliphatic hydroxyl groups is 1. The number of nitrogens with two attached hydrogens (primary N) is 1. The highest BCUT2D eigenvalue weighted by molar-refractivity contribution is 5.77. The number of nitrogens with one attached hydrogen (secondary N) is 1. The number of hydrogen-bond donors (Lipinski definition) is 3. The molecule has 8 nitrogen and oxygen atoms in total. The lowest BCUT2D eigenvalue weighted by Gasteiger charge is -2.13. The number of rotatable bonds is 5. The Morgan fingerprint density at radius 3 is 3.00 bits per heavy atom. The van der Waals surface area contributed by atoms with E-state index >= 15 is 0 Å². The predicted octanol–water partition coefficient (Wildman–Crippen LogP) is 0.856. The molecule has 102 valence electrons. The smallest absolute Gasteiger partial charge is 0.295 e. The van der Waals surface area contributed by atoms with E-state index in [4.69, 9.17) is 10.2 Å². The van der Waals surface area contributed by atoms with Gasteiger partial charge in [0, 0.05) is 24.7 Å². The van der Waals surface area contributed by atoms with Gasteiger partial charge in [-0.15, -0.1) is 0 Å². The minimum absolute atomic E-state index is 0.0481. The third kappa shape index (κ3) is 2.98. The molecule has 0 saturated carbocycles. The number of hydrogen-bond acceptors (Lipinski definition) is 7. The maximum Gasteiger partial charge on any atom is 0.295 e. The molecule has 8 heteroatoms. The number of anilines is 1. The van der Waals surface area contributed by atoms with Crippen LogP contribution in [0.1, 0.15) is 6.92 Å². The lowest BCUT2D eigenvalue weighted by Crippen LogP contribution is -2.38. The van der Waals surface area contributed by atoms with E-state index in [1.165, 1.54) is 18.2 Å². The first-order valence-electron chi connectivity index (χ1n) is 5.70. The molecular weight excluding hydrogens is 252 g/mol. The van der Waals surface area contributed by atoms with Crippen molar-refractivity contribution in [1.29, 1.82) is 0 Å². The molecule has 0 saturated heterocycles. The number of nitro benzene ring substituents is 1. The summed E-state index contributed by atoms with van der Waals surface area (Å²) in [6.07, 6.45) is -0.655. The van der Waals surface area contributed by atoms with E-state index in [-0.39, 0.29) is 18.2 Å². The van der Waals surface area contributed by atoms with Gasteiger partial charge in [-0.3, -0.25) is 10.1 Å². The lowest BCUT2D eigenvalue weighted by atomic mass is 10.2. The van der Waals surface area contributed by atoms with Crippen LogP contribution in [0.3, 0.4) is 0 Å². The number of benzene rings is 1. The molecular formula is C11H14N4O4. The summed E-state index contributed by atoms with van der Waals surface area (Å²) in [7, 11) is 0. The van der Waals surface area contributed by atoms with E-state index in [2.05, 4.69) is 10.3 Å². The summed E-state index contributed by atoms with van der Waals surface area (Å²) in [6, 6.07) is 3.92. The fraction of sp³-hybridized carbons (Fsp3) is 0.364. The number of nitro groups is 1. The first-order valence-corrected chi connectivity index (χ1v) is 5.70. The maximum absolute atomic E-state index is 10.6. The van der Waals surface area contributed by atoms with Crippen LogP contribution in [-0.4, -0.2) is 33.7 Å². The molecule has 2 rings (SSSR count). The quantitative estimate of drug-likeness (QED) is 0.540. The third-order valence-corrected chi connectivity index (χ3v) is 2.69. The SMILES string of the molecule is CC(O)C(N)CNc1nc2cc([N+](=O)[O-])ccc2o1. The van der Waals surface area contributed by atoms with Crippen molar-refractivity contribution >= 4 is 22.8 Å². The lowest BCUT2D eigenvalue weighted by molar-refractivity contribution is -0.384. The molecule has 0 bridgehead atoms. The fourth-order valence-electron chi connectivity index (χ4n) is 1.48. The third-order valence-electron chi connectivity index (χ3n) is 2.69. The van der Waals surface area contributed by atoms with Gasteiger partial charge in [0.05, 0.1) is 11.0 Å². The molecule has 0 aliphatic carbocycles. The second-order valence-corrected chi connectivity index (χ2v) is 4.21. The van der Waals surface area contributed by atoms with Crippen molar-refractivity contribution < 1.29 is 14.4 Å². The van der Waals surface area contributed by atoms with Crippen molar-refractivity contribution in [3.05, 3.63) is 28.3 Å². The standard InChI is InChI=1S/C11H14N4O4/c1-6(16)8(12)5-13-11-14-9-4-7(15(17)18)2-3-10(9)19-11/h2-4,6,8,16H,5,12H2,1H3,(H,13,14). The molecule has 1 heterocycles. The van der Waals surface area contributed by atoms with Gasteiger partial charge in [-0.25, -0.2) is 0 Å². The fourth-order valence-corrected chi connectivity index (χ4v) is 1.48. The zero-order valence-electron chi connectivity index (χ0n) is 10.2. The number of fused-ring (bicyclic) bond motifs is 1. The van der Waals surface area contributed by atoms with E-state index in [9.17, 15) is 15.2 Å². The molecule has 2 atom stereocenters. The molecule has 1 aromatic carbocycles. The topological polar surface area (TPSA) is 127 Å². The molecule has 2 aromatic rings. The summed E-state index contributed by atoms with van der Waals surface area (Å²) < 4.78 is 5.35. The number of nitrogens with zero attached hydrogens (tertiary/aromatic N) is 2. The molecule has 0 spiro atoms. The number of non-ortho nitro benzene ring substituents is 1. The Balaban J connectivity index is 2.15. The summed E-state index contributed by atoms with van der Waals surface area (Å²) in [5.74, 6) is 0. The normalized spacial score (nSPS) is 14.3. The van der Waals surface area contributed by atoms with E-state index in [1.54, 1.807) is 6.92 Å². The Morgan fingerprint density at radius 1 is 1.63 bits per heavy atom. The highest BCUT2D eigenvalue weighted by Crippen LogP contribution is 2.23. The molecule has 0 radical (unpaired) electrons. The van der Waals surface area contributed by atoms with Crippen molar-refractivity contribution in [3.8, 4) is 0 Å². The minimum Gasteiger partial charge on any atom is -0.424 e. The van der Waals surface area contributed by atoms with Crippen molar-refractivity contribution in [1.82, 2.24) is 4.98 Å². The summed E-state index contributed by atoms with van der Waals surface area (Å²) in [4.78, 5) is 14.2. The van der Waals surface area contributed by atoms with E-state index in [1.807, 2.05) is 0 Å². The van der Waals surface area contributed by atoms with Crippen LogP contribution in [0.25, 0.3) is 11.1 Å². The van der Waals surface area contributed by atoms with Gasteiger partial charge in [-0.2, -0.15) is 4.98 Å². The molecule has 0 aliphatic heterocycles. The van der Waals surface area contributed by atoms with Crippen LogP contribution >= 0.6 is 0 Å². The predicted molar refractivity (Wildman–Crippen MR) is 68.8 cm³/mol. The molecule has 4 N–H and O–H groups in total. The Morgan fingerprint density at radius 2 is 2.37 bits per heavy atom. The van der Waals surface area contributed by atoms with Crippen LogP contribution in [0, 0.1) is 10.1 Å². The van der Waals surface area contributed by atoms with Crippen LogP contribution in [0.4, 0.5) is 11.7 Å². The first kappa shape index (κ1) is 13.2. The van der Waals surface area contributed by atoms with Gasteiger partial charge in [0.2, 0.25) is 0 Å². The summed E-state index contributed by atoms with van der Waals surface area (Å²) in [6.45, 7) is 1.87. The highest BCUT2D eigenvalue weighted by Gasteiger charge is 2.13. The Hall–Kier alpha value is -2.19. The second kappa shape index (κ2) is 5.21. The van der Waals surface area contributed by atoms with E-state index in [0.717, 1.165) is 0 Å². The summed E-state index contributed by atoms with van der Waals surface area (Å²) >= 11 is 0. The molecule has 2 unspecified atom stereocenters. The Bertz CT molecular complexity index is 595. The monoisotopic (exact) mass is 266 g/mol. The van der Waals surface area contributed by atoms with Gasteiger partial charge < -0.3 is 20.6 Å². The molecule has 19 heavy (non-hydrogen) atoms. The van der Waals surface area contributed by atoms with Crippen molar-refractivity contribution in [2.45, 2.75) is 19.1 Å². The van der Waals surface area contributed by atoms with Crippen LogP contribution in [-0.2, 0) is 0 Å².